The Bertz CT molecular complexity index is 453. The third-order valence-electron chi connectivity index (χ3n) is 5.29. The van der Waals surface area contributed by atoms with Crippen LogP contribution < -0.4 is 10.2 Å². The lowest BCUT2D eigenvalue weighted by Gasteiger charge is -2.41. The van der Waals surface area contributed by atoms with Crippen molar-refractivity contribution >= 4 is 5.69 Å². The van der Waals surface area contributed by atoms with Gasteiger partial charge in [0, 0.05) is 42.8 Å². The first-order valence-electron chi connectivity index (χ1n) is 8.08. The highest BCUT2D eigenvalue weighted by Gasteiger charge is 2.37. The van der Waals surface area contributed by atoms with E-state index in [1.165, 1.54) is 62.9 Å². The van der Waals surface area contributed by atoms with Gasteiger partial charge in [0.2, 0.25) is 0 Å². The SMILES string of the molecule is CNCc1cnc(C)cc1N1CCC2(CCCC2)CC1. The van der Waals surface area contributed by atoms with Crippen molar-refractivity contribution in [3.63, 3.8) is 0 Å². The number of anilines is 1. The zero-order chi connectivity index (χ0) is 14.0. The Morgan fingerprint density at radius 3 is 2.55 bits per heavy atom. The van der Waals surface area contributed by atoms with Gasteiger partial charge in [0.25, 0.3) is 0 Å². The maximum absolute atomic E-state index is 4.46. The Morgan fingerprint density at radius 2 is 1.90 bits per heavy atom. The quantitative estimate of drug-likeness (QED) is 0.916. The van der Waals surface area contributed by atoms with Crippen molar-refractivity contribution in [2.45, 2.75) is 52.0 Å². The van der Waals surface area contributed by atoms with Gasteiger partial charge in [0.15, 0.2) is 0 Å². The van der Waals surface area contributed by atoms with E-state index in [9.17, 15) is 0 Å². The van der Waals surface area contributed by atoms with Gasteiger partial charge in [-0.2, -0.15) is 0 Å². The van der Waals surface area contributed by atoms with E-state index in [0.29, 0.717) is 5.41 Å². The molecule has 2 heterocycles. The van der Waals surface area contributed by atoms with Crippen molar-refractivity contribution in [3.05, 3.63) is 23.5 Å². The van der Waals surface area contributed by atoms with E-state index in [1.54, 1.807) is 0 Å². The van der Waals surface area contributed by atoms with Crippen molar-refractivity contribution in [2.75, 3.05) is 25.0 Å². The second kappa shape index (κ2) is 5.72. The molecule has 1 aliphatic heterocycles. The van der Waals surface area contributed by atoms with Gasteiger partial charge in [0.1, 0.15) is 0 Å². The minimum absolute atomic E-state index is 0.696. The number of pyridine rings is 1. The van der Waals surface area contributed by atoms with Crippen LogP contribution in [0.5, 0.6) is 0 Å². The Balaban J connectivity index is 1.75. The molecular formula is C17H27N3. The number of nitrogens with one attached hydrogen (secondary N) is 1. The number of rotatable bonds is 3. The third kappa shape index (κ3) is 2.69. The molecule has 2 aliphatic rings. The number of aryl methyl sites for hydroxylation is 1. The van der Waals surface area contributed by atoms with E-state index in [-0.39, 0.29) is 0 Å². The Labute approximate surface area is 122 Å². The Kier molecular flexibility index (Phi) is 3.97. The number of aromatic nitrogens is 1. The molecule has 0 bridgehead atoms. The maximum atomic E-state index is 4.46. The minimum Gasteiger partial charge on any atom is -0.371 e. The van der Waals surface area contributed by atoms with E-state index >= 15 is 0 Å². The van der Waals surface area contributed by atoms with Crippen LogP contribution >= 0.6 is 0 Å². The molecule has 0 radical (unpaired) electrons. The molecule has 0 unspecified atom stereocenters. The van der Waals surface area contributed by atoms with Crippen LogP contribution in [0.1, 0.15) is 49.8 Å². The van der Waals surface area contributed by atoms with Gasteiger partial charge >= 0.3 is 0 Å². The second-order valence-electron chi connectivity index (χ2n) is 6.68. The monoisotopic (exact) mass is 273 g/mol. The van der Waals surface area contributed by atoms with Crippen molar-refractivity contribution in [1.29, 1.82) is 0 Å². The zero-order valence-electron chi connectivity index (χ0n) is 12.9. The standard InChI is InChI=1S/C17H27N3/c1-14-11-16(15(12-18-2)13-19-14)20-9-7-17(8-10-20)5-3-4-6-17/h11,13,18H,3-10,12H2,1-2H3. The molecule has 3 heteroatoms. The Hall–Kier alpha value is -1.09. The first kappa shape index (κ1) is 13.9. The molecule has 3 nitrogen and oxygen atoms in total. The lowest BCUT2D eigenvalue weighted by Crippen LogP contribution is -2.39. The summed E-state index contributed by atoms with van der Waals surface area (Å²) in [6.07, 6.45) is 10.7. The fourth-order valence-electron chi connectivity index (χ4n) is 4.04. The van der Waals surface area contributed by atoms with Crippen molar-refractivity contribution in [2.24, 2.45) is 5.41 Å². The average Bonchev–Trinajstić information content (AvgIpc) is 2.90. The molecule has 1 saturated heterocycles. The minimum atomic E-state index is 0.696. The van der Waals surface area contributed by atoms with Crippen molar-refractivity contribution < 1.29 is 0 Å². The fourth-order valence-corrected chi connectivity index (χ4v) is 4.04. The van der Waals surface area contributed by atoms with E-state index in [1.807, 2.05) is 13.2 Å². The summed E-state index contributed by atoms with van der Waals surface area (Å²) in [5.74, 6) is 0. The lowest BCUT2D eigenvalue weighted by molar-refractivity contribution is 0.226. The van der Waals surface area contributed by atoms with Gasteiger partial charge in [0.05, 0.1) is 0 Å². The highest BCUT2D eigenvalue weighted by atomic mass is 15.1. The molecule has 1 N–H and O–H groups in total. The predicted octanol–water partition coefficient (Wildman–Crippen LogP) is 3.27. The van der Waals surface area contributed by atoms with Crippen molar-refractivity contribution in [1.82, 2.24) is 10.3 Å². The van der Waals surface area contributed by atoms with Gasteiger partial charge in [-0.15, -0.1) is 0 Å². The van der Waals surface area contributed by atoms with Gasteiger partial charge in [-0.1, -0.05) is 12.8 Å². The van der Waals surface area contributed by atoms with Gasteiger partial charge in [-0.05, 0) is 51.1 Å². The molecule has 0 aromatic carbocycles. The van der Waals surface area contributed by atoms with Gasteiger partial charge in [-0.25, -0.2) is 0 Å². The molecule has 1 aromatic heterocycles. The summed E-state index contributed by atoms with van der Waals surface area (Å²) in [5.41, 5.74) is 4.56. The maximum Gasteiger partial charge on any atom is 0.0445 e. The fraction of sp³-hybridized carbons (Fsp3) is 0.706. The number of piperidine rings is 1. The lowest BCUT2D eigenvalue weighted by atomic mass is 9.77. The summed E-state index contributed by atoms with van der Waals surface area (Å²) in [6.45, 7) is 5.44. The van der Waals surface area contributed by atoms with Crippen LogP contribution in [0.3, 0.4) is 0 Å². The predicted molar refractivity (Wildman–Crippen MR) is 84.1 cm³/mol. The molecule has 3 rings (SSSR count). The molecule has 20 heavy (non-hydrogen) atoms. The normalized spacial score (nSPS) is 21.6. The van der Waals surface area contributed by atoms with Crippen LogP contribution in [0.2, 0.25) is 0 Å². The van der Waals surface area contributed by atoms with E-state index < -0.39 is 0 Å². The van der Waals surface area contributed by atoms with E-state index in [4.69, 9.17) is 0 Å². The topological polar surface area (TPSA) is 28.2 Å². The van der Waals surface area contributed by atoms with Crippen LogP contribution in [-0.4, -0.2) is 25.1 Å². The highest BCUT2D eigenvalue weighted by molar-refractivity contribution is 5.54. The molecule has 0 atom stereocenters. The summed E-state index contributed by atoms with van der Waals surface area (Å²) < 4.78 is 0. The van der Waals surface area contributed by atoms with Crippen LogP contribution in [0.25, 0.3) is 0 Å². The molecule has 2 fully saturated rings. The first-order chi connectivity index (χ1) is 9.72. The number of nitrogens with zero attached hydrogens (tertiary/aromatic N) is 2. The largest absolute Gasteiger partial charge is 0.371 e. The number of hydrogen-bond acceptors (Lipinski definition) is 3. The molecule has 1 aromatic rings. The van der Waals surface area contributed by atoms with Crippen molar-refractivity contribution in [3.8, 4) is 0 Å². The first-order valence-corrected chi connectivity index (χ1v) is 8.08. The van der Waals surface area contributed by atoms with Crippen LogP contribution in [0.15, 0.2) is 12.3 Å². The van der Waals surface area contributed by atoms with Gasteiger partial charge < -0.3 is 10.2 Å². The molecule has 1 spiro atoms. The molecule has 110 valence electrons. The van der Waals surface area contributed by atoms with Gasteiger partial charge in [-0.3, -0.25) is 4.98 Å². The summed E-state index contributed by atoms with van der Waals surface area (Å²) in [7, 11) is 2.01. The summed E-state index contributed by atoms with van der Waals surface area (Å²) >= 11 is 0. The van der Waals surface area contributed by atoms with Crippen LogP contribution in [0.4, 0.5) is 5.69 Å². The third-order valence-corrected chi connectivity index (χ3v) is 5.29. The smallest absolute Gasteiger partial charge is 0.0445 e. The Morgan fingerprint density at radius 1 is 1.20 bits per heavy atom. The molecular weight excluding hydrogens is 246 g/mol. The molecule has 0 amide bonds. The summed E-state index contributed by atoms with van der Waals surface area (Å²) in [5, 5.41) is 3.26. The second-order valence-corrected chi connectivity index (χ2v) is 6.68. The van der Waals surface area contributed by atoms with E-state index in [0.717, 1.165) is 12.2 Å². The van der Waals surface area contributed by atoms with E-state index in [2.05, 4.69) is 28.2 Å². The highest BCUT2D eigenvalue weighted by Crippen LogP contribution is 2.46. The molecule has 1 aliphatic carbocycles. The summed E-state index contributed by atoms with van der Waals surface area (Å²) in [4.78, 5) is 7.05. The molecule has 1 saturated carbocycles. The van der Waals surface area contributed by atoms with Crippen LogP contribution in [-0.2, 0) is 6.54 Å². The number of hydrogen-bond donors (Lipinski definition) is 1. The average molecular weight is 273 g/mol. The van der Waals surface area contributed by atoms with Crippen LogP contribution in [0, 0.1) is 12.3 Å². The zero-order valence-corrected chi connectivity index (χ0v) is 12.9. The summed E-state index contributed by atoms with van der Waals surface area (Å²) in [6, 6.07) is 2.26.